The van der Waals surface area contributed by atoms with Gasteiger partial charge in [0.15, 0.2) is 0 Å². The lowest BCUT2D eigenvalue weighted by Gasteiger charge is -2.08. The lowest BCUT2D eigenvalue weighted by Crippen LogP contribution is -2.29. The molecule has 0 radical (unpaired) electrons. The summed E-state index contributed by atoms with van der Waals surface area (Å²) in [5.41, 5.74) is 2.18. The molecule has 24 heavy (non-hydrogen) atoms. The first kappa shape index (κ1) is 16.0. The van der Waals surface area contributed by atoms with Crippen molar-refractivity contribution in [2.24, 2.45) is 0 Å². The Bertz CT molecular complexity index is 857. The SMILES string of the molecule is CCc1noc(C)c1C(=O)NCCNc1ccc2ccccc2n1. The summed E-state index contributed by atoms with van der Waals surface area (Å²) in [4.78, 5) is 16.8. The van der Waals surface area contributed by atoms with E-state index in [1.165, 1.54) is 0 Å². The van der Waals surface area contributed by atoms with E-state index in [2.05, 4.69) is 20.8 Å². The number of nitrogens with zero attached hydrogens (tertiary/aromatic N) is 2. The molecule has 3 aromatic rings. The number of anilines is 1. The zero-order valence-corrected chi connectivity index (χ0v) is 13.8. The van der Waals surface area contributed by atoms with Crippen molar-refractivity contribution in [1.29, 1.82) is 0 Å². The molecule has 6 nitrogen and oxygen atoms in total. The normalized spacial score (nSPS) is 10.8. The fraction of sp³-hybridized carbons (Fsp3) is 0.278. The van der Waals surface area contributed by atoms with Gasteiger partial charge >= 0.3 is 0 Å². The van der Waals surface area contributed by atoms with E-state index in [4.69, 9.17) is 4.52 Å². The highest BCUT2D eigenvalue weighted by Gasteiger charge is 2.18. The van der Waals surface area contributed by atoms with Crippen molar-refractivity contribution < 1.29 is 9.32 Å². The number of carbonyl (C=O) groups excluding carboxylic acids is 1. The van der Waals surface area contributed by atoms with E-state index in [9.17, 15) is 4.79 Å². The van der Waals surface area contributed by atoms with Crippen molar-refractivity contribution in [2.75, 3.05) is 18.4 Å². The smallest absolute Gasteiger partial charge is 0.256 e. The predicted molar refractivity (Wildman–Crippen MR) is 93.2 cm³/mol. The standard InChI is InChI=1S/C18H20N4O2/c1-3-14-17(12(2)24-22-14)18(23)20-11-10-19-16-9-8-13-6-4-5-7-15(13)21-16/h4-9H,3,10-11H2,1-2H3,(H,19,21)(H,20,23). The molecule has 1 amide bonds. The van der Waals surface area contributed by atoms with Gasteiger partial charge in [-0.15, -0.1) is 0 Å². The van der Waals surface area contributed by atoms with Crippen molar-refractivity contribution >= 4 is 22.6 Å². The Morgan fingerprint density at radius 1 is 1.17 bits per heavy atom. The molecule has 2 aromatic heterocycles. The number of benzene rings is 1. The predicted octanol–water partition coefficient (Wildman–Crippen LogP) is 2.94. The number of hydrogen-bond donors (Lipinski definition) is 2. The Labute approximate surface area is 140 Å². The molecule has 0 aliphatic carbocycles. The molecule has 1 aromatic carbocycles. The molecule has 3 rings (SSSR count). The monoisotopic (exact) mass is 324 g/mol. The van der Waals surface area contributed by atoms with Gasteiger partial charge in [-0.3, -0.25) is 4.79 Å². The molecule has 2 N–H and O–H groups in total. The second-order valence-corrected chi connectivity index (χ2v) is 5.49. The van der Waals surface area contributed by atoms with Crippen LogP contribution in [0.2, 0.25) is 0 Å². The largest absolute Gasteiger partial charge is 0.368 e. The Kier molecular flexibility index (Phi) is 4.74. The van der Waals surface area contributed by atoms with Crippen LogP contribution in [0.3, 0.4) is 0 Å². The summed E-state index contributed by atoms with van der Waals surface area (Å²) < 4.78 is 5.09. The van der Waals surface area contributed by atoms with Gasteiger partial charge < -0.3 is 15.2 Å². The second-order valence-electron chi connectivity index (χ2n) is 5.49. The van der Waals surface area contributed by atoms with E-state index in [1.54, 1.807) is 6.92 Å². The highest BCUT2D eigenvalue weighted by Crippen LogP contribution is 2.15. The van der Waals surface area contributed by atoms with Gasteiger partial charge in [-0.2, -0.15) is 0 Å². The number of para-hydroxylation sites is 1. The zero-order valence-electron chi connectivity index (χ0n) is 13.8. The first-order valence-electron chi connectivity index (χ1n) is 8.02. The minimum Gasteiger partial charge on any atom is -0.368 e. The number of pyridine rings is 1. The number of aryl methyl sites for hydroxylation is 2. The van der Waals surface area contributed by atoms with Gasteiger partial charge in [-0.25, -0.2) is 4.98 Å². The number of fused-ring (bicyclic) bond motifs is 1. The quantitative estimate of drug-likeness (QED) is 0.682. The van der Waals surface area contributed by atoms with Gasteiger partial charge in [0, 0.05) is 18.5 Å². The van der Waals surface area contributed by atoms with Crippen LogP contribution in [0.5, 0.6) is 0 Å². The van der Waals surface area contributed by atoms with E-state index in [1.807, 2.05) is 43.3 Å². The first-order valence-corrected chi connectivity index (χ1v) is 8.02. The van der Waals surface area contributed by atoms with Crippen LogP contribution in [0.4, 0.5) is 5.82 Å². The Morgan fingerprint density at radius 3 is 2.83 bits per heavy atom. The molecule has 0 aliphatic rings. The van der Waals surface area contributed by atoms with Gasteiger partial charge in [0.1, 0.15) is 17.1 Å². The molecule has 0 saturated carbocycles. The molecule has 0 unspecified atom stereocenters. The highest BCUT2D eigenvalue weighted by atomic mass is 16.5. The Morgan fingerprint density at radius 2 is 2.00 bits per heavy atom. The van der Waals surface area contributed by atoms with Gasteiger partial charge in [-0.1, -0.05) is 30.3 Å². The van der Waals surface area contributed by atoms with Gasteiger partial charge in [0.25, 0.3) is 5.91 Å². The van der Waals surface area contributed by atoms with Crippen LogP contribution in [0, 0.1) is 6.92 Å². The van der Waals surface area contributed by atoms with Crippen LogP contribution in [-0.2, 0) is 6.42 Å². The van der Waals surface area contributed by atoms with E-state index >= 15 is 0 Å². The third kappa shape index (κ3) is 3.37. The number of rotatable bonds is 6. The van der Waals surface area contributed by atoms with Crippen LogP contribution < -0.4 is 10.6 Å². The average Bonchev–Trinajstić information content (AvgIpc) is 2.99. The molecule has 0 aliphatic heterocycles. The molecule has 0 saturated heterocycles. The lowest BCUT2D eigenvalue weighted by molar-refractivity contribution is 0.0953. The zero-order chi connectivity index (χ0) is 16.9. The molecule has 0 spiro atoms. The van der Waals surface area contributed by atoms with Crippen molar-refractivity contribution in [3.05, 3.63) is 53.4 Å². The maximum absolute atomic E-state index is 12.2. The summed E-state index contributed by atoms with van der Waals surface area (Å²) in [7, 11) is 0. The number of amides is 1. The van der Waals surface area contributed by atoms with Gasteiger partial charge in [0.05, 0.1) is 11.2 Å². The summed E-state index contributed by atoms with van der Waals surface area (Å²) in [6, 6.07) is 11.9. The average molecular weight is 324 g/mol. The number of aromatic nitrogens is 2. The first-order chi connectivity index (χ1) is 11.7. The van der Waals surface area contributed by atoms with Crippen molar-refractivity contribution in [2.45, 2.75) is 20.3 Å². The molecular formula is C18H20N4O2. The third-order valence-electron chi connectivity index (χ3n) is 3.81. The maximum Gasteiger partial charge on any atom is 0.256 e. The number of hydrogen-bond acceptors (Lipinski definition) is 5. The van der Waals surface area contributed by atoms with Crippen LogP contribution in [0.25, 0.3) is 10.9 Å². The minimum atomic E-state index is -0.154. The summed E-state index contributed by atoms with van der Waals surface area (Å²) in [6.07, 6.45) is 0.666. The molecule has 0 bridgehead atoms. The maximum atomic E-state index is 12.2. The molecular weight excluding hydrogens is 304 g/mol. The van der Waals surface area contributed by atoms with Crippen molar-refractivity contribution in [3.63, 3.8) is 0 Å². The van der Waals surface area contributed by atoms with E-state index in [0.717, 1.165) is 16.7 Å². The molecule has 6 heteroatoms. The van der Waals surface area contributed by atoms with Crippen molar-refractivity contribution in [3.8, 4) is 0 Å². The van der Waals surface area contributed by atoms with E-state index in [-0.39, 0.29) is 5.91 Å². The lowest BCUT2D eigenvalue weighted by atomic mass is 10.1. The molecule has 2 heterocycles. The molecule has 0 fully saturated rings. The van der Waals surface area contributed by atoms with Crippen LogP contribution in [0.15, 0.2) is 40.9 Å². The van der Waals surface area contributed by atoms with E-state index < -0.39 is 0 Å². The van der Waals surface area contributed by atoms with Gasteiger partial charge in [-0.05, 0) is 31.5 Å². The highest BCUT2D eigenvalue weighted by molar-refractivity contribution is 5.96. The topological polar surface area (TPSA) is 80.0 Å². The van der Waals surface area contributed by atoms with Crippen LogP contribution >= 0.6 is 0 Å². The van der Waals surface area contributed by atoms with Crippen LogP contribution in [0.1, 0.15) is 28.7 Å². The summed E-state index contributed by atoms with van der Waals surface area (Å²) in [5.74, 6) is 1.19. The molecule has 0 atom stereocenters. The van der Waals surface area contributed by atoms with Crippen molar-refractivity contribution in [1.82, 2.24) is 15.5 Å². The summed E-state index contributed by atoms with van der Waals surface area (Å²) in [6.45, 7) is 4.77. The third-order valence-corrected chi connectivity index (χ3v) is 3.81. The fourth-order valence-corrected chi connectivity index (χ4v) is 2.57. The number of nitrogens with one attached hydrogen (secondary N) is 2. The van der Waals surface area contributed by atoms with E-state index in [0.29, 0.717) is 36.5 Å². The fourth-order valence-electron chi connectivity index (χ4n) is 2.57. The summed E-state index contributed by atoms with van der Waals surface area (Å²) in [5, 5.41) is 11.1. The van der Waals surface area contributed by atoms with Gasteiger partial charge in [0.2, 0.25) is 0 Å². The summed E-state index contributed by atoms with van der Waals surface area (Å²) >= 11 is 0. The second kappa shape index (κ2) is 7.12. The Hall–Kier alpha value is -2.89. The molecule has 124 valence electrons. The van der Waals surface area contributed by atoms with Crippen LogP contribution in [-0.4, -0.2) is 29.1 Å². The number of carbonyl (C=O) groups is 1. The minimum absolute atomic E-state index is 0.154. The Balaban J connectivity index is 1.54.